The molecule has 230 valence electrons. The van der Waals surface area contributed by atoms with E-state index in [1.54, 1.807) is 41.3 Å². The topological polar surface area (TPSA) is 121 Å². The minimum Gasteiger partial charge on any atom is -0.377 e. The summed E-state index contributed by atoms with van der Waals surface area (Å²) in [6, 6.07) is 12.9. The van der Waals surface area contributed by atoms with E-state index in [2.05, 4.69) is 16.8 Å². The second-order valence-electron chi connectivity index (χ2n) is 11.2. The van der Waals surface area contributed by atoms with E-state index in [1.165, 1.54) is 0 Å². The fraction of sp³-hybridized carbons (Fsp3) is 0.469. The van der Waals surface area contributed by atoms with Crippen LogP contribution in [0, 0.1) is 13.8 Å². The number of hydrogen-bond donors (Lipinski definition) is 1. The highest BCUT2D eigenvalue weighted by atomic mass is 32.2. The Morgan fingerprint density at radius 2 is 1.84 bits per heavy atom. The Kier molecular flexibility index (Phi) is 9.51. The predicted molar refractivity (Wildman–Crippen MR) is 166 cm³/mol. The van der Waals surface area contributed by atoms with E-state index >= 15 is 0 Å². The van der Waals surface area contributed by atoms with Crippen LogP contribution in [0.2, 0.25) is 0 Å². The van der Waals surface area contributed by atoms with Crippen LogP contribution >= 0.6 is 0 Å². The van der Waals surface area contributed by atoms with Gasteiger partial charge in [-0.3, -0.25) is 9.29 Å². The fourth-order valence-electron chi connectivity index (χ4n) is 5.66. The molecule has 0 aliphatic heterocycles. The summed E-state index contributed by atoms with van der Waals surface area (Å²) in [5, 5.41) is 8.68. The number of nitrogens with one attached hydrogen (secondary N) is 1. The van der Waals surface area contributed by atoms with E-state index < -0.39 is 10.0 Å². The van der Waals surface area contributed by atoms with Gasteiger partial charge in [0.2, 0.25) is 0 Å². The maximum atomic E-state index is 13.6. The summed E-state index contributed by atoms with van der Waals surface area (Å²) in [7, 11) is -3.99. The molecule has 10 nitrogen and oxygen atoms in total. The standard InChI is InChI=1S/C32H41N5O5S/c1-5-7-16-30-33-37(26-12-8-9-13-26)32(38)36(30)20-24-17-18-27(25(19-24)21-41-6-2)28-14-10-11-15-29(28)43(39,40)35-31-22(3)23(4)42-34-31/h10-11,14-15,17-19,26H,5-9,12-13,16,20-21H2,1-4H3,(H,34,35). The monoisotopic (exact) mass is 607 g/mol. The van der Waals surface area contributed by atoms with Gasteiger partial charge in [0, 0.05) is 24.2 Å². The molecular formula is C32H41N5O5S. The second-order valence-corrected chi connectivity index (χ2v) is 12.9. The molecule has 0 spiro atoms. The Labute approximate surface area is 253 Å². The predicted octanol–water partition coefficient (Wildman–Crippen LogP) is 6.16. The van der Waals surface area contributed by atoms with Gasteiger partial charge < -0.3 is 9.26 Å². The third-order valence-electron chi connectivity index (χ3n) is 8.21. The zero-order valence-electron chi connectivity index (χ0n) is 25.4. The fourth-order valence-corrected chi connectivity index (χ4v) is 6.94. The van der Waals surface area contributed by atoms with Crippen molar-refractivity contribution >= 4 is 15.8 Å². The molecule has 0 radical (unpaired) electrons. The van der Waals surface area contributed by atoms with Crippen molar-refractivity contribution in [2.45, 2.75) is 96.7 Å². The molecular weight excluding hydrogens is 566 g/mol. The van der Waals surface area contributed by atoms with Gasteiger partial charge in [0.1, 0.15) is 11.6 Å². The van der Waals surface area contributed by atoms with E-state index in [1.807, 2.05) is 31.2 Å². The third kappa shape index (κ3) is 6.62. The molecule has 43 heavy (non-hydrogen) atoms. The van der Waals surface area contributed by atoms with Gasteiger partial charge in [-0.2, -0.15) is 5.10 Å². The van der Waals surface area contributed by atoms with Gasteiger partial charge in [-0.15, -0.1) is 0 Å². The number of aryl methyl sites for hydroxylation is 2. The summed E-state index contributed by atoms with van der Waals surface area (Å²) >= 11 is 0. The van der Waals surface area contributed by atoms with Crippen LogP contribution in [-0.2, 0) is 34.3 Å². The molecule has 1 saturated carbocycles. The number of nitrogens with zero attached hydrogens (tertiary/aromatic N) is 4. The molecule has 0 amide bonds. The van der Waals surface area contributed by atoms with E-state index in [0.717, 1.165) is 67.5 Å². The lowest BCUT2D eigenvalue weighted by Crippen LogP contribution is -2.28. The molecule has 5 rings (SSSR count). The van der Waals surface area contributed by atoms with Crippen LogP contribution in [-0.4, -0.2) is 34.5 Å². The molecule has 0 atom stereocenters. The third-order valence-corrected chi connectivity index (χ3v) is 9.61. The number of ether oxygens (including phenoxy) is 1. The minimum atomic E-state index is -3.99. The summed E-state index contributed by atoms with van der Waals surface area (Å²) in [5.74, 6) is 1.53. The first-order valence-corrected chi connectivity index (χ1v) is 16.6. The molecule has 1 fully saturated rings. The van der Waals surface area contributed by atoms with Crippen LogP contribution in [0.5, 0.6) is 0 Å². The van der Waals surface area contributed by atoms with E-state index in [-0.39, 0.29) is 22.4 Å². The number of aromatic nitrogens is 4. The molecule has 1 aliphatic carbocycles. The van der Waals surface area contributed by atoms with Gasteiger partial charge in [0.05, 0.1) is 24.1 Å². The molecule has 0 saturated heterocycles. The van der Waals surface area contributed by atoms with Crippen molar-refractivity contribution in [3.05, 3.63) is 81.2 Å². The van der Waals surface area contributed by atoms with Crippen molar-refractivity contribution in [2.75, 3.05) is 11.3 Å². The molecule has 1 N–H and O–H groups in total. The number of anilines is 1. The normalized spacial score (nSPS) is 14.0. The summed E-state index contributed by atoms with van der Waals surface area (Å²) in [5.41, 5.74) is 3.62. The van der Waals surface area contributed by atoms with Crippen molar-refractivity contribution in [2.24, 2.45) is 0 Å². The van der Waals surface area contributed by atoms with Crippen molar-refractivity contribution in [1.29, 1.82) is 0 Å². The quantitative estimate of drug-likeness (QED) is 0.193. The van der Waals surface area contributed by atoms with Crippen LogP contribution in [0.3, 0.4) is 0 Å². The molecule has 2 aromatic heterocycles. The Hall–Kier alpha value is -3.70. The smallest absolute Gasteiger partial charge is 0.346 e. The lowest BCUT2D eigenvalue weighted by molar-refractivity contribution is 0.134. The maximum absolute atomic E-state index is 13.6. The number of rotatable bonds is 13. The van der Waals surface area contributed by atoms with Crippen LogP contribution in [0.4, 0.5) is 5.82 Å². The first-order chi connectivity index (χ1) is 20.7. The first kappa shape index (κ1) is 30.7. The molecule has 0 bridgehead atoms. The molecule has 1 aliphatic rings. The second kappa shape index (κ2) is 13.3. The number of sulfonamides is 1. The molecule has 2 heterocycles. The van der Waals surface area contributed by atoms with Crippen molar-refractivity contribution in [3.63, 3.8) is 0 Å². The van der Waals surface area contributed by atoms with Gasteiger partial charge in [0.25, 0.3) is 10.0 Å². The van der Waals surface area contributed by atoms with Gasteiger partial charge >= 0.3 is 5.69 Å². The highest BCUT2D eigenvalue weighted by molar-refractivity contribution is 7.92. The van der Waals surface area contributed by atoms with Gasteiger partial charge in [-0.25, -0.2) is 17.9 Å². The Morgan fingerprint density at radius 3 is 2.53 bits per heavy atom. The van der Waals surface area contributed by atoms with Crippen LogP contribution < -0.4 is 10.4 Å². The van der Waals surface area contributed by atoms with Gasteiger partial charge in [0.15, 0.2) is 5.82 Å². The van der Waals surface area contributed by atoms with Crippen LogP contribution in [0.25, 0.3) is 11.1 Å². The Bertz CT molecular complexity index is 1730. The number of unbranched alkanes of at least 4 members (excludes halogenated alkanes) is 1. The van der Waals surface area contributed by atoms with E-state index in [0.29, 0.717) is 36.6 Å². The van der Waals surface area contributed by atoms with E-state index in [9.17, 15) is 13.2 Å². The number of hydrogen-bond acceptors (Lipinski definition) is 7. The molecule has 2 aromatic carbocycles. The lowest BCUT2D eigenvalue weighted by atomic mass is 9.97. The van der Waals surface area contributed by atoms with Crippen LogP contribution in [0.15, 0.2) is 56.7 Å². The summed E-state index contributed by atoms with van der Waals surface area (Å²) in [6.07, 6.45) is 6.96. The average Bonchev–Trinajstić information content (AvgIpc) is 3.72. The summed E-state index contributed by atoms with van der Waals surface area (Å²) in [6.45, 7) is 8.73. The van der Waals surface area contributed by atoms with Gasteiger partial charge in [-0.05, 0) is 62.8 Å². The average molecular weight is 608 g/mol. The largest absolute Gasteiger partial charge is 0.377 e. The van der Waals surface area contributed by atoms with Crippen LogP contribution in [0.1, 0.15) is 86.7 Å². The SMILES string of the molecule is CCCCc1nn(C2CCCC2)c(=O)n1Cc1ccc(-c2ccccc2S(=O)(=O)Nc2noc(C)c2C)c(COCC)c1. The highest BCUT2D eigenvalue weighted by Crippen LogP contribution is 2.33. The molecule has 11 heteroatoms. The van der Waals surface area contributed by atoms with Gasteiger partial charge in [-0.1, -0.05) is 67.7 Å². The number of benzene rings is 2. The zero-order valence-corrected chi connectivity index (χ0v) is 26.2. The van der Waals surface area contributed by atoms with Crippen molar-refractivity contribution < 1.29 is 17.7 Å². The maximum Gasteiger partial charge on any atom is 0.346 e. The zero-order chi connectivity index (χ0) is 30.6. The van der Waals surface area contributed by atoms with E-state index in [4.69, 9.17) is 14.4 Å². The Balaban J connectivity index is 1.52. The first-order valence-electron chi connectivity index (χ1n) is 15.2. The Morgan fingerprint density at radius 1 is 1.07 bits per heavy atom. The highest BCUT2D eigenvalue weighted by Gasteiger charge is 2.25. The summed E-state index contributed by atoms with van der Waals surface area (Å²) < 4.78 is 44.3. The molecule has 0 unspecified atom stereocenters. The molecule has 4 aromatic rings. The van der Waals surface area contributed by atoms with Crippen molar-refractivity contribution in [1.82, 2.24) is 19.5 Å². The minimum absolute atomic E-state index is 0.0608. The van der Waals surface area contributed by atoms with Crippen molar-refractivity contribution in [3.8, 4) is 11.1 Å². The lowest BCUT2D eigenvalue weighted by Gasteiger charge is -2.16. The summed E-state index contributed by atoms with van der Waals surface area (Å²) in [4.78, 5) is 13.7.